The van der Waals surface area contributed by atoms with Crippen LogP contribution in [0.15, 0.2) is 60.8 Å². The monoisotopic (exact) mass is 906 g/mol. The molecule has 0 radical (unpaired) electrons. The normalized spacial score (nSPS) is 13.9. The number of likely N-dealkylation sites (N-methyl/N-ethyl adjacent to an activating group) is 1. The second-order valence-electron chi connectivity index (χ2n) is 18.2. The van der Waals surface area contributed by atoms with Gasteiger partial charge in [0.1, 0.15) is 19.8 Å². The third-order valence-electron chi connectivity index (χ3n) is 10.8. The number of nitrogens with zero attached hydrogens (tertiary/aromatic N) is 1. The van der Waals surface area contributed by atoms with Crippen LogP contribution in [0.3, 0.4) is 0 Å². The van der Waals surface area contributed by atoms with Crippen molar-refractivity contribution in [3.05, 3.63) is 60.8 Å². The van der Waals surface area contributed by atoms with Gasteiger partial charge in [-0.05, 0) is 57.8 Å². The number of phosphoric acid groups is 1. The molecule has 0 amide bonds. The Morgan fingerprint density at radius 3 is 1.35 bits per heavy atom. The summed E-state index contributed by atoms with van der Waals surface area (Å²) >= 11 is 0. The Bertz CT molecular complexity index is 1250. The fraction of sp³-hybridized carbons (Fsp3) is 0.774. The average Bonchev–Trinajstić information content (AvgIpc) is 3.24. The molecule has 0 aliphatic carbocycles. The minimum atomic E-state index is -4.64. The Morgan fingerprint density at radius 1 is 0.508 bits per heavy atom. The van der Waals surface area contributed by atoms with E-state index in [9.17, 15) is 19.0 Å². The minimum Gasteiger partial charge on any atom is -0.756 e. The van der Waals surface area contributed by atoms with E-state index in [-0.39, 0.29) is 32.0 Å². The van der Waals surface area contributed by atoms with Gasteiger partial charge in [-0.2, -0.15) is 0 Å². The first-order valence-electron chi connectivity index (χ1n) is 25.5. The first-order valence-corrected chi connectivity index (χ1v) is 27.0. The molecule has 9 nitrogen and oxygen atoms in total. The average molecular weight is 906 g/mol. The molecular formula is C53H96NO8P. The number of esters is 2. The largest absolute Gasteiger partial charge is 0.756 e. The van der Waals surface area contributed by atoms with Crippen LogP contribution in [0.1, 0.15) is 213 Å². The minimum absolute atomic E-state index is 0.0363. The summed E-state index contributed by atoms with van der Waals surface area (Å²) < 4.78 is 34.0. The van der Waals surface area contributed by atoms with E-state index < -0.39 is 26.5 Å². The van der Waals surface area contributed by atoms with Gasteiger partial charge in [-0.15, -0.1) is 0 Å². The molecule has 0 heterocycles. The highest BCUT2D eigenvalue weighted by Gasteiger charge is 2.21. The van der Waals surface area contributed by atoms with Crippen LogP contribution in [0.4, 0.5) is 0 Å². The van der Waals surface area contributed by atoms with Crippen molar-refractivity contribution in [1.29, 1.82) is 0 Å². The molecule has 0 aliphatic rings. The van der Waals surface area contributed by atoms with Crippen LogP contribution in [0.5, 0.6) is 0 Å². The third kappa shape index (κ3) is 49.0. The molecule has 2 atom stereocenters. The highest BCUT2D eigenvalue weighted by molar-refractivity contribution is 7.45. The number of hydrogen-bond acceptors (Lipinski definition) is 8. The Morgan fingerprint density at radius 2 is 0.905 bits per heavy atom. The zero-order valence-electron chi connectivity index (χ0n) is 41.3. The molecule has 0 fully saturated rings. The van der Waals surface area contributed by atoms with Crippen LogP contribution in [-0.2, 0) is 32.7 Å². The first kappa shape index (κ1) is 60.7. The Balaban J connectivity index is 4.30. The zero-order valence-corrected chi connectivity index (χ0v) is 42.2. The van der Waals surface area contributed by atoms with Crippen molar-refractivity contribution in [2.75, 3.05) is 47.5 Å². The van der Waals surface area contributed by atoms with Gasteiger partial charge >= 0.3 is 11.9 Å². The van der Waals surface area contributed by atoms with Gasteiger partial charge < -0.3 is 27.9 Å². The lowest BCUT2D eigenvalue weighted by molar-refractivity contribution is -0.870. The number of quaternary nitrogens is 1. The molecule has 0 aromatic rings. The van der Waals surface area contributed by atoms with Crippen LogP contribution in [0.2, 0.25) is 0 Å². The summed E-state index contributed by atoms with van der Waals surface area (Å²) in [7, 11) is 1.15. The van der Waals surface area contributed by atoms with Gasteiger partial charge in [0.2, 0.25) is 0 Å². The summed E-state index contributed by atoms with van der Waals surface area (Å²) in [6.45, 7) is 4.11. The summed E-state index contributed by atoms with van der Waals surface area (Å²) in [6.07, 6.45) is 55.3. The van der Waals surface area contributed by atoms with Crippen LogP contribution >= 0.6 is 7.82 Å². The lowest BCUT2D eigenvalue weighted by atomic mass is 10.0. The summed E-state index contributed by atoms with van der Waals surface area (Å²) in [6, 6.07) is 0. The molecule has 366 valence electrons. The second kappa shape index (κ2) is 44.9. The Hall–Kier alpha value is -2.29. The lowest BCUT2D eigenvalue weighted by Crippen LogP contribution is -2.37. The number of ether oxygens (including phenoxy) is 2. The van der Waals surface area contributed by atoms with E-state index in [2.05, 4.69) is 74.6 Å². The van der Waals surface area contributed by atoms with Crippen molar-refractivity contribution in [2.24, 2.45) is 0 Å². The van der Waals surface area contributed by atoms with Crippen molar-refractivity contribution in [3.8, 4) is 0 Å². The molecular weight excluding hydrogens is 810 g/mol. The van der Waals surface area contributed by atoms with Crippen molar-refractivity contribution in [1.82, 2.24) is 0 Å². The van der Waals surface area contributed by atoms with Crippen LogP contribution in [-0.4, -0.2) is 70.0 Å². The van der Waals surface area contributed by atoms with Crippen molar-refractivity contribution < 1.29 is 42.1 Å². The van der Waals surface area contributed by atoms with E-state index in [1.807, 2.05) is 21.1 Å². The van der Waals surface area contributed by atoms with Gasteiger partial charge in [0, 0.05) is 12.8 Å². The SMILES string of the molecule is CC/C=C\C/C=C\C/C=C\C/C=C\C/C=C\CCCCCCCC(=O)OC(COC(=O)CCCCCCCCCCCCCCCCCCCC)COP(=O)([O-])OCC[N+](C)(C)C. The van der Waals surface area contributed by atoms with E-state index in [1.54, 1.807) is 0 Å². The number of rotatable bonds is 46. The maximum absolute atomic E-state index is 12.7. The van der Waals surface area contributed by atoms with Crippen LogP contribution in [0, 0.1) is 0 Å². The molecule has 0 spiro atoms. The van der Waals surface area contributed by atoms with Gasteiger partial charge in [-0.1, -0.05) is 203 Å². The van der Waals surface area contributed by atoms with Gasteiger partial charge in [0.25, 0.3) is 7.82 Å². The highest BCUT2D eigenvalue weighted by Crippen LogP contribution is 2.38. The topological polar surface area (TPSA) is 111 Å². The molecule has 0 aromatic carbocycles. The fourth-order valence-electron chi connectivity index (χ4n) is 6.86. The van der Waals surface area contributed by atoms with E-state index in [4.69, 9.17) is 18.5 Å². The fourth-order valence-corrected chi connectivity index (χ4v) is 7.59. The molecule has 0 saturated heterocycles. The number of carbonyl (C=O) groups excluding carboxylic acids is 2. The summed E-state index contributed by atoms with van der Waals surface area (Å²) in [5.74, 6) is -0.852. The third-order valence-corrected chi connectivity index (χ3v) is 11.8. The standard InChI is InChI=1S/C53H96NO8P/c1-6-8-10-12-14-16-18-20-22-24-26-27-28-30-32-34-36-38-40-42-44-46-53(56)62-51(50-61-63(57,58)60-48-47-54(3,4)5)49-59-52(55)45-43-41-39-37-35-33-31-29-25-23-21-19-17-15-13-11-9-7-2/h8,10,14,16,20,22,26-27,30,32,51H,6-7,9,11-13,15,17-19,21,23-25,28-29,31,33-50H2,1-5H3/b10-8-,16-14-,22-20-,27-26-,32-30-. The number of carbonyl (C=O) groups is 2. The summed E-state index contributed by atoms with van der Waals surface area (Å²) in [5.41, 5.74) is 0. The van der Waals surface area contributed by atoms with Gasteiger partial charge in [0.15, 0.2) is 6.10 Å². The first-order chi connectivity index (χ1) is 30.5. The van der Waals surface area contributed by atoms with Crippen LogP contribution < -0.4 is 4.89 Å². The van der Waals surface area contributed by atoms with E-state index >= 15 is 0 Å². The van der Waals surface area contributed by atoms with Gasteiger partial charge in [0.05, 0.1) is 27.7 Å². The molecule has 0 bridgehead atoms. The predicted octanol–water partition coefficient (Wildman–Crippen LogP) is 14.6. The molecule has 10 heteroatoms. The second-order valence-corrected chi connectivity index (χ2v) is 19.6. The highest BCUT2D eigenvalue weighted by atomic mass is 31.2. The zero-order chi connectivity index (χ0) is 46.4. The maximum Gasteiger partial charge on any atom is 0.306 e. The number of unbranched alkanes of at least 4 members (excludes halogenated alkanes) is 22. The van der Waals surface area contributed by atoms with Crippen molar-refractivity contribution in [3.63, 3.8) is 0 Å². The smallest absolute Gasteiger partial charge is 0.306 e. The summed E-state index contributed by atoms with van der Waals surface area (Å²) in [5, 5.41) is 0. The predicted molar refractivity (Wildman–Crippen MR) is 263 cm³/mol. The molecule has 63 heavy (non-hydrogen) atoms. The molecule has 0 N–H and O–H groups in total. The van der Waals surface area contributed by atoms with E-state index in [1.165, 1.54) is 96.3 Å². The Kier molecular flexibility index (Phi) is 43.3. The number of allylic oxidation sites excluding steroid dienone is 10. The number of phosphoric ester groups is 1. The van der Waals surface area contributed by atoms with Crippen molar-refractivity contribution >= 4 is 19.8 Å². The van der Waals surface area contributed by atoms with Gasteiger partial charge in [-0.25, -0.2) is 0 Å². The molecule has 0 aromatic heterocycles. The van der Waals surface area contributed by atoms with E-state index in [0.29, 0.717) is 17.4 Å². The van der Waals surface area contributed by atoms with Crippen molar-refractivity contribution in [2.45, 2.75) is 219 Å². The lowest BCUT2D eigenvalue weighted by Gasteiger charge is -2.28. The molecule has 0 saturated carbocycles. The molecule has 0 rings (SSSR count). The molecule has 2 unspecified atom stereocenters. The Labute approximate surface area is 387 Å². The van der Waals surface area contributed by atoms with E-state index in [0.717, 1.165) is 83.5 Å². The van der Waals surface area contributed by atoms with Crippen LogP contribution in [0.25, 0.3) is 0 Å². The maximum atomic E-state index is 12.7. The summed E-state index contributed by atoms with van der Waals surface area (Å²) in [4.78, 5) is 37.7. The molecule has 0 aliphatic heterocycles. The quantitative estimate of drug-likeness (QED) is 0.0195. The number of hydrogen-bond donors (Lipinski definition) is 0. The van der Waals surface area contributed by atoms with Gasteiger partial charge in [-0.3, -0.25) is 14.2 Å².